The fourth-order valence-electron chi connectivity index (χ4n) is 0.224. The molecule has 0 atom stereocenters. The molecule has 0 aliphatic rings. The molecule has 0 aromatic carbocycles. The van der Waals surface area contributed by atoms with Crippen LogP contribution in [-0.2, 0) is 0 Å². The van der Waals surface area contributed by atoms with E-state index in [-0.39, 0.29) is 0 Å². The molecule has 11 heavy (non-hydrogen) atoms. The van der Waals surface area contributed by atoms with E-state index < -0.39 is 0 Å². The number of hydrogen-bond donors (Lipinski definition) is 0. The summed E-state index contributed by atoms with van der Waals surface area (Å²) in [5.74, 6) is 0. The molecule has 0 fully saturated rings. The topological polar surface area (TPSA) is 6.48 Å². The van der Waals surface area contributed by atoms with Crippen LogP contribution >= 0.6 is 0 Å². The number of hydrogen-bond acceptors (Lipinski definition) is 2. The van der Waals surface area contributed by atoms with Gasteiger partial charge >= 0.3 is 0 Å². The molecule has 0 saturated heterocycles. The van der Waals surface area contributed by atoms with Crippen LogP contribution in [0.2, 0.25) is 0 Å². The third kappa shape index (κ3) is 17.8. The summed E-state index contributed by atoms with van der Waals surface area (Å²) in [6.45, 7) is 9.90. The fraction of sp³-hybridized carbons (Fsp3) is 1.00. The maximum absolute atomic E-state index is 2.25. The molecule has 0 N–H and O–H groups in total. The Balaban J connectivity index is 0. The third-order valence-corrected chi connectivity index (χ3v) is 1.71. The summed E-state index contributed by atoms with van der Waals surface area (Å²) in [7, 11) is 6.22. The van der Waals surface area contributed by atoms with Gasteiger partial charge in [-0.25, -0.2) is 0 Å². The first-order chi connectivity index (χ1) is 5.08. The zero-order valence-corrected chi connectivity index (χ0v) is 9.02. The molecule has 2 nitrogen and oxygen atoms in total. The monoisotopic (exact) mass is 160 g/mol. The van der Waals surface area contributed by atoms with Crippen LogP contribution in [-0.4, -0.2) is 50.6 Å². The lowest BCUT2D eigenvalue weighted by Gasteiger charge is -2.07. The van der Waals surface area contributed by atoms with E-state index in [0.29, 0.717) is 0 Å². The molecule has 2 heteroatoms. The van der Waals surface area contributed by atoms with Gasteiger partial charge < -0.3 is 9.80 Å². The normalized spacial score (nSPS) is 9.82. The molecule has 0 aromatic heterocycles. The molecule has 0 amide bonds. The van der Waals surface area contributed by atoms with Gasteiger partial charge in [0.05, 0.1) is 0 Å². The molecule has 0 unspecified atom stereocenters. The van der Waals surface area contributed by atoms with Crippen LogP contribution in [0.25, 0.3) is 0 Å². The van der Waals surface area contributed by atoms with Crippen molar-refractivity contribution in [2.45, 2.75) is 20.8 Å². The summed E-state index contributed by atoms with van der Waals surface area (Å²) < 4.78 is 0. The Labute approximate surface area is 72.2 Å². The molecule has 0 aliphatic heterocycles. The van der Waals surface area contributed by atoms with Gasteiger partial charge in [-0.15, -0.1) is 0 Å². The van der Waals surface area contributed by atoms with E-state index >= 15 is 0 Å². The first-order valence-corrected chi connectivity index (χ1v) is 4.41. The molecule has 0 saturated carbocycles. The van der Waals surface area contributed by atoms with Crippen molar-refractivity contribution in [1.29, 1.82) is 0 Å². The molecule has 0 aromatic rings. The van der Waals surface area contributed by atoms with Crippen molar-refractivity contribution in [1.82, 2.24) is 9.80 Å². The van der Waals surface area contributed by atoms with Gasteiger partial charge in [0, 0.05) is 0 Å². The van der Waals surface area contributed by atoms with Crippen molar-refractivity contribution in [2.24, 2.45) is 0 Å². The predicted octanol–water partition coefficient (Wildman–Crippen LogP) is 1.53. The van der Waals surface area contributed by atoms with Crippen LogP contribution in [0.15, 0.2) is 0 Å². The lowest BCUT2D eigenvalue weighted by molar-refractivity contribution is 0.373. The van der Waals surface area contributed by atoms with E-state index in [1.54, 1.807) is 0 Å². The summed E-state index contributed by atoms with van der Waals surface area (Å²) in [6, 6.07) is 0. The Kier molecular flexibility index (Phi) is 12.2. The molecule has 70 valence electrons. The highest BCUT2D eigenvalue weighted by Gasteiger charge is 1.81. The molecule has 0 rings (SSSR count). The van der Waals surface area contributed by atoms with E-state index in [1.165, 1.54) is 0 Å². The fourth-order valence-corrected chi connectivity index (χ4v) is 0.224. The molecule has 0 aliphatic carbocycles. The molecular formula is C9H24N2. The van der Waals surface area contributed by atoms with Crippen molar-refractivity contribution >= 4 is 0 Å². The minimum atomic E-state index is 1.14. The Morgan fingerprint density at radius 3 is 1.00 bits per heavy atom. The number of nitrogens with zero attached hydrogens (tertiary/aromatic N) is 2. The van der Waals surface area contributed by atoms with Gasteiger partial charge in [-0.2, -0.15) is 0 Å². The molecule has 0 radical (unpaired) electrons. The van der Waals surface area contributed by atoms with Crippen LogP contribution in [0.4, 0.5) is 0 Å². The van der Waals surface area contributed by atoms with Crippen LogP contribution in [0.1, 0.15) is 20.8 Å². The summed E-state index contributed by atoms with van der Waals surface area (Å²) >= 11 is 0. The van der Waals surface area contributed by atoms with E-state index in [9.17, 15) is 0 Å². The van der Waals surface area contributed by atoms with Gasteiger partial charge in [0.25, 0.3) is 0 Å². The predicted molar refractivity (Wildman–Crippen MR) is 53.1 cm³/mol. The van der Waals surface area contributed by atoms with Crippen LogP contribution in [0.5, 0.6) is 0 Å². The van der Waals surface area contributed by atoms with Crippen molar-refractivity contribution < 1.29 is 0 Å². The number of rotatable bonds is 3. The van der Waals surface area contributed by atoms with Gasteiger partial charge in [-0.3, -0.25) is 0 Å². The van der Waals surface area contributed by atoms with E-state index in [4.69, 9.17) is 0 Å². The van der Waals surface area contributed by atoms with E-state index in [2.05, 4.69) is 51.7 Å². The van der Waals surface area contributed by atoms with Crippen molar-refractivity contribution in [3.8, 4) is 0 Å². The quantitative estimate of drug-likeness (QED) is 0.618. The van der Waals surface area contributed by atoms with Crippen LogP contribution < -0.4 is 0 Å². The Morgan fingerprint density at radius 2 is 1.00 bits per heavy atom. The van der Waals surface area contributed by atoms with Gasteiger partial charge in [0.2, 0.25) is 0 Å². The average molecular weight is 160 g/mol. The smallest absolute Gasteiger partial charge is 0.00504 e. The zero-order valence-electron chi connectivity index (χ0n) is 9.02. The van der Waals surface area contributed by atoms with E-state index in [1.807, 2.05) is 0 Å². The van der Waals surface area contributed by atoms with Gasteiger partial charge in [-0.1, -0.05) is 20.8 Å². The van der Waals surface area contributed by atoms with Gasteiger partial charge in [0.15, 0.2) is 0 Å². The van der Waals surface area contributed by atoms with Gasteiger partial charge in [0.1, 0.15) is 0 Å². The molecule has 0 bridgehead atoms. The minimum absolute atomic E-state index is 1.14. The standard InChI is InChI=1S/C5H13N.C4H11N/c1-4-6(3)5-2;1-4-5(2)3/h4-5H2,1-3H3;4H2,1-3H3. The second-order valence-corrected chi connectivity index (χ2v) is 2.88. The highest BCUT2D eigenvalue weighted by atomic mass is 15.1. The second-order valence-electron chi connectivity index (χ2n) is 2.88. The SMILES string of the molecule is CCN(C)C.CCN(C)CC. The average Bonchev–Trinajstić information content (AvgIpc) is 2.04. The summed E-state index contributed by atoms with van der Waals surface area (Å²) in [6.07, 6.45) is 0. The highest BCUT2D eigenvalue weighted by molar-refractivity contribution is 4.36. The lowest BCUT2D eigenvalue weighted by Crippen LogP contribution is -2.15. The Hall–Kier alpha value is -0.0800. The highest BCUT2D eigenvalue weighted by Crippen LogP contribution is 1.73. The zero-order chi connectivity index (χ0) is 9.28. The van der Waals surface area contributed by atoms with E-state index in [0.717, 1.165) is 19.6 Å². The summed E-state index contributed by atoms with van der Waals surface area (Å²) in [4.78, 5) is 4.38. The first kappa shape index (κ1) is 13.5. The van der Waals surface area contributed by atoms with Crippen LogP contribution in [0, 0.1) is 0 Å². The molecule has 0 spiro atoms. The maximum Gasteiger partial charge on any atom is -0.00504 e. The van der Waals surface area contributed by atoms with Crippen molar-refractivity contribution in [3.05, 3.63) is 0 Å². The van der Waals surface area contributed by atoms with Gasteiger partial charge in [-0.05, 0) is 40.8 Å². The van der Waals surface area contributed by atoms with Crippen molar-refractivity contribution in [3.63, 3.8) is 0 Å². The molecule has 0 heterocycles. The summed E-state index contributed by atoms with van der Waals surface area (Å²) in [5, 5.41) is 0. The third-order valence-electron chi connectivity index (χ3n) is 1.71. The maximum atomic E-state index is 2.25. The molecular weight excluding hydrogens is 136 g/mol. The Morgan fingerprint density at radius 1 is 0.727 bits per heavy atom. The van der Waals surface area contributed by atoms with Crippen LogP contribution in [0.3, 0.4) is 0 Å². The minimum Gasteiger partial charge on any atom is -0.310 e. The lowest BCUT2D eigenvalue weighted by atomic mass is 10.6. The second kappa shape index (κ2) is 9.92. The first-order valence-electron chi connectivity index (χ1n) is 4.41. The Bertz CT molecular complexity index is 58.6. The summed E-state index contributed by atoms with van der Waals surface area (Å²) in [5.41, 5.74) is 0. The largest absolute Gasteiger partial charge is 0.310 e. The van der Waals surface area contributed by atoms with Crippen molar-refractivity contribution in [2.75, 3.05) is 40.8 Å².